The number of rotatable bonds is 5. The van der Waals surface area contributed by atoms with E-state index in [0.717, 1.165) is 0 Å². The van der Waals surface area contributed by atoms with E-state index in [0.29, 0.717) is 16.6 Å². The standard InChI is InChI=1S/C12H21N5O2S/c1-5-17(6-7(13)18)10(19)8-9(14)15-11(20-8)16-12(2,3)4/h5-6,14H2,1-4H3,(H2,13,18)(H,15,16). The highest BCUT2D eigenvalue weighted by atomic mass is 32.1. The maximum Gasteiger partial charge on any atom is 0.268 e. The summed E-state index contributed by atoms with van der Waals surface area (Å²) in [4.78, 5) is 29.0. The fourth-order valence-corrected chi connectivity index (χ4v) is 2.58. The number of aromatic nitrogens is 1. The lowest BCUT2D eigenvalue weighted by Gasteiger charge is -2.19. The van der Waals surface area contributed by atoms with E-state index >= 15 is 0 Å². The van der Waals surface area contributed by atoms with Crippen LogP contribution in [0.15, 0.2) is 0 Å². The number of thiazole rings is 1. The Balaban J connectivity index is 2.95. The number of amides is 2. The molecule has 0 aromatic carbocycles. The Kier molecular flexibility index (Phi) is 4.93. The normalized spacial score (nSPS) is 11.2. The van der Waals surface area contributed by atoms with Crippen molar-refractivity contribution >= 4 is 34.1 Å². The first-order valence-electron chi connectivity index (χ1n) is 6.26. The highest BCUT2D eigenvalue weighted by molar-refractivity contribution is 7.18. The van der Waals surface area contributed by atoms with Crippen molar-refractivity contribution in [2.45, 2.75) is 33.2 Å². The molecular weight excluding hydrogens is 278 g/mol. The van der Waals surface area contributed by atoms with E-state index < -0.39 is 5.91 Å². The van der Waals surface area contributed by atoms with Crippen molar-refractivity contribution in [1.82, 2.24) is 9.88 Å². The molecule has 1 aromatic heterocycles. The molecule has 112 valence electrons. The summed E-state index contributed by atoms with van der Waals surface area (Å²) in [6.07, 6.45) is 0. The van der Waals surface area contributed by atoms with Gasteiger partial charge in [0.15, 0.2) is 5.13 Å². The molecule has 0 bridgehead atoms. The number of nitrogens with two attached hydrogens (primary N) is 2. The summed E-state index contributed by atoms with van der Waals surface area (Å²) in [5, 5.41) is 3.74. The van der Waals surface area contributed by atoms with Gasteiger partial charge >= 0.3 is 0 Å². The molecule has 0 radical (unpaired) electrons. The number of hydrogen-bond acceptors (Lipinski definition) is 6. The minimum Gasteiger partial charge on any atom is -0.382 e. The zero-order valence-electron chi connectivity index (χ0n) is 12.2. The highest BCUT2D eigenvalue weighted by Crippen LogP contribution is 2.28. The van der Waals surface area contributed by atoms with Gasteiger partial charge in [-0.25, -0.2) is 4.98 Å². The van der Waals surface area contributed by atoms with Crippen LogP contribution in [-0.2, 0) is 4.79 Å². The van der Waals surface area contributed by atoms with E-state index in [4.69, 9.17) is 11.5 Å². The van der Waals surface area contributed by atoms with Gasteiger partial charge in [0.05, 0.1) is 6.54 Å². The molecule has 1 heterocycles. The Morgan fingerprint density at radius 1 is 1.40 bits per heavy atom. The SMILES string of the molecule is CCN(CC(N)=O)C(=O)c1sc(NC(C)(C)C)nc1N. The van der Waals surface area contributed by atoms with Crippen LogP contribution in [0.1, 0.15) is 37.4 Å². The molecule has 0 saturated carbocycles. The average molecular weight is 299 g/mol. The minimum atomic E-state index is -0.559. The number of nitrogens with zero attached hydrogens (tertiary/aromatic N) is 2. The van der Waals surface area contributed by atoms with Crippen molar-refractivity contribution in [3.63, 3.8) is 0 Å². The van der Waals surface area contributed by atoms with E-state index in [1.165, 1.54) is 16.2 Å². The fourth-order valence-electron chi connectivity index (χ4n) is 1.52. The summed E-state index contributed by atoms with van der Waals surface area (Å²) in [5.41, 5.74) is 10.7. The summed E-state index contributed by atoms with van der Waals surface area (Å²) in [6.45, 7) is 7.97. The first-order valence-corrected chi connectivity index (χ1v) is 7.07. The van der Waals surface area contributed by atoms with Gasteiger partial charge in [0.2, 0.25) is 5.91 Å². The van der Waals surface area contributed by atoms with E-state index in [1.54, 1.807) is 6.92 Å². The summed E-state index contributed by atoms with van der Waals surface area (Å²) in [5.74, 6) is -0.728. The number of nitrogens with one attached hydrogen (secondary N) is 1. The first kappa shape index (κ1) is 16.2. The van der Waals surface area contributed by atoms with Crippen molar-refractivity contribution in [3.05, 3.63) is 4.88 Å². The predicted octanol–water partition coefficient (Wildman–Crippen LogP) is 0.883. The van der Waals surface area contributed by atoms with Crippen LogP contribution in [0.4, 0.5) is 10.9 Å². The van der Waals surface area contributed by atoms with E-state index in [-0.39, 0.29) is 23.8 Å². The molecule has 0 saturated heterocycles. The lowest BCUT2D eigenvalue weighted by molar-refractivity contribution is -0.118. The molecule has 2 amide bonds. The van der Waals surface area contributed by atoms with Crippen LogP contribution >= 0.6 is 11.3 Å². The van der Waals surface area contributed by atoms with Crippen molar-refractivity contribution in [2.75, 3.05) is 24.1 Å². The summed E-state index contributed by atoms with van der Waals surface area (Å²) in [6, 6.07) is 0. The van der Waals surface area contributed by atoms with Crippen LogP contribution in [0.3, 0.4) is 0 Å². The van der Waals surface area contributed by atoms with Gasteiger partial charge in [-0.05, 0) is 27.7 Å². The molecule has 1 aromatic rings. The summed E-state index contributed by atoms with van der Waals surface area (Å²) in [7, 11) is 0. The number of nitrogen functional groups attached to an aromatic ring is 1. The van der Waals surface area contributed by atoms with Crippen molar-refractivity contribution < 1.29 is 9.59 Å². The molecule has 1 rings (SSSR count). The molecule has 0 aliphatic rings. The lowest BCUT2D eigenvalue weighted by atomic mass is 10.1. The Hall–Kier alpha value is -1.83. The third-order valence-corrected chi connectivity index (χ3v) is 3.32. The summed E-state index contributed by atoms with van der Waals surface area (Å²) >= 11 is 1.17. The van der Waals surface area contributed by atoms with Gasteiger partial charge in [-0.1, -0.05) is 11.3 Å². The van der Waals surface area contributed by atoms with E-state index in [2.05, 4.69) is 10.3 Å². The first-order chi connectivity index (χ1) is 9.14. The number of carbonyl (C=O) groups excluding carboxylic acids is 2. The molecule has 5 N–H and O–H groups in total. The van der Waals surface area contributed by atoms with Gasteiger partial charge < -0.3 is 21.7 Å². The van der Waals surface area contributed by atoms with E-state index in [1.807, 2.05) is 20.8 Å². The topological polar surface area (TPSA) is 114 Å². The van der Waals surface area contributed by atoms with Gasteiger partial charge in [0.25, 0.3) is 5.91 Å². The van der Waals surface area contributed by atoms with Crippen molar-refractivity contribution in [1.29, 1.82) is 0 Å². The molecular formula is C12H21N5O2S. The van der Waals surface area contributed by atoms with Gasteiger partial charge in [0.1, 0.15) is 10.7 Å². The molecule has 0 atom stereocenters. The summed E-state index contributed by atoms with van der Waals surface area (Å²) < 4.78 is 0. The van der Waals surface area contributed by atoms with Crippen LogP contribution in [0.5, 0.6) is 0 Å². The second-order valence-electron chi connectivity index (χ2n) is 5.39. The second kappa shape index (κ2) is 6.08. The maximum atomic E-state index is 12.3. The quantitative estimate of drug-likeness (QED) is 0.746. The molecule has 0 aliphatic heterocycles. The Morgan fingerprint density at radius 3 is 2.45 bits per heavy atom. The molecule has 0 spiro atoms. The Morgan fingerprint density at radius 2 is 2.00 bits per heavy atom. The van der Waals surface area contributed by atoms with Gasteiger partial charge in [-0.15, -0.1) is 0 Å². The van der Waals surface area contributed by atoms with Gasteiger partial charge in [-0.3, -0.25) is 9.59 Å². The van der Waals surface area contributed by atoms with Gasteiger partial charge in [0, 0.05) is 12.1 Å². The van der Waals surface area contributed by atoms with Crippen LogP contribution in [0.2, 0.25) is 0 Å². The minimum absolute atomic E-state index is 0.130. The number of carbonyl (C=O) groups is 2. The third kappa shape index (κ3) is 4.37. The zero-order chi connectivity index (χ0) is 15.5. The van der Waals surface area contributed by atoms with Crippen LogP contribution < -0.4 is 16.8 Å². The predicted molar refractivity (Wildman–Crippen MR) is 80.7 cm³/mol. The highest BCUT2D eigenvalue weighted by Gasteiger charge is 2.23. The molecule has 7 nitrogen and oxygen atoms in total. The Bertz CT molecular complexity index is 506. The van der Waals surface area contributed by atoms with Crippen LogP contribution in [0, 0.1) is 0 Å². The van der Waals surface area contributed by atoms with E-state index in [9.17, 15) is 9.59 Å². The lowest BCUT2D eigenvalue weighted by Crippen LogP contribution is -2.38. The van der Waals surface area contributed by atoms with Crippen molar-refractivity contribution in [3.8, 4) is 0 Å². The molecule has 20 heavy (non-hydrogen) atoms. The average Bonchev–Trinajstić information content (AvgIpc) is 2.63. The molecule has 0 fully saturated rings. The number of hydrogen-bond donors (Lipinski definition) is 3. The Labute approximate surface area is 122 Å². The van der Waals surface area contributed by atoms with Crippen molar-refractivity contribution in [2.24, 2.45) is 5.73 Å². The fraction of sp³-hybridized carbons (Fsp3) is 0.583. The van der Waals surface area contributed by atoms with Crippen LogP contribution in [-0.4, -0.2) is 40.3 Å². The maximum absolute atomic E-state index is 12.3. The van der Waals surface area contributed by atoms with Gasteiger partial charge in [-0.2, -0.15) is 0 Å². The molecule has 0 unspecified atom stereocenters. The molecule has 0 aliphatic carbocycles. The second-order valence-corrected chi connectivity index (χ2v) is 6.39. The third-order valence-electron chi connectivity index (χ3n) is 2.35. The number of anilines is 2. The number of primary amides is 1. The van der Waals surface area contributed by atoms with Crippen LogP contribution in [0.25, 0.3) is 0 Å². The number of likely N-dealkylation sites (N-methyl/N-ethyl adjacent to an activating group) is 1. The largest absolute Gasteiger partial charge is 0.382 e. The molecule has 8 heteroatoms. The monoisotopic (exact) mass is 299 g/mol. The zero-order valence-corrected chi connectivity index (χ0v) is 13.0. The smallest absolute Gasteiger partial charge is 0.268 e.